The molecule has 61 heavy (non-hydrogen) atoms. The fourth-order valence-electron chi connectivity index (χ4n) is 7.02. The minimum atomic E-state index is -0.914. The average Bonchev–Trinajstić information content (AvgIpc) is 3.22. The predicted octanol–water partition coefficient (Wildman–Crippen LogP) is 13.9. The Morgan fingerprint density at radius 1 is 0.262 bits per heavy atom. The molecule has 0 spiro atoms. The number of carboxylic acid groups (broad SMARTS) is 3. The van der Waals surface area contributed by atoms with Crippen molar-refractivity contribution < 1.29 is 29.7 Å². The average molecular weight is 966 g/mol. The van der Waals surface area contributed by atoms with E-state index in [1.54, 1.807) is 0 Å². The second-order valence-corrected chi connectivity index (χ2v) is 17.1. The Morgan fingerprint density at radius 3 is 0.574 bits per heavy atom. The van der Waals surface area contributed by atoms with Gasteiger partial charge in [0.2, 0.25) is 0 Å². The summed E-state index contributed by atoms with van der Waals surface area (Å²) >= 11 is 0. The number of allylic oxidation sites excluding steroid dienone is 6. The van der Waals surface area contributed by atoms with E-state index in [4.69, 9.17) is 0 Å². The van der Waals surface area contributed by atoms with Gasteiger partial charge in [-0.15, -0.1) is 0 Å². The van der Waals surface area contributed by atoms with Crippen LogP contribution >= 0.6 is 0 Å². The molecule has 0 saturated heterocycles. The van der Waals surface area contributed by atoms with Crippen molar-refractivity contribution in [2.45, 2.75) is 290 Å². The minimum absolute atomic E-state index is 0. The molecule has 0 aliphatic carbocycles. The van der Waals surface area contributed by atoms with Crippen LogP contribution in [0.4, 0.5) is 0 Å². The van der Waals surface area contributed by atoms with Crippen molar-refractivity contribution in [2.75, 3.05) is 0 Å². The zero-order valence-corrected chi connectivity index (χ0v) is 43.1. The van der Waals surface area contributed by atoms with Crippen LogP contribution in [0.15, 0.2) is 36.5 Å². The summed E-state index contributed by atoms with van der Waals surface area (Å²) in [5, 5.41) is 30.6. The summed E-state index contributed by atoms with van der Waals surface area (Å²) in [6, 6.07) is 0. The Labute approximate surface area is 396 Å². The van der Waals surface area contributed by atoms with Gasteiger partial charge in [-0.2, -0.15) is 0 Å². The van der Waals surface area contributed by atoms with Gasteiger partial charge in [0.05, 0.1) is 0 Å². The summed E-state index contributed by atoms with van der Waals surface area (Å²) < 4.78 is 0. The van der Waals surface area contributed by atoms with Gasteiger partial charge in [-0.25, -0.2) is 0 Å². The van der Waals surface area contributed by atoms with Gasteiger partial charge in [0.25, 0.3) is 0 Å². The van der Waals surface area contributed by atoms with Crippen LogP contribution in [0.3, 0.4) is 0 Å². The Kier molecular flexibility index (Phi) is 67.9. The second kappa shape index (κ2) is 62.7. The first-order valence-electron chi connectivity index (χ1n) is 25.9. The summed E-state index contributed by atoms with van der Waals surface area (Å²) in [5.41, 5.74) is 0. The standard InChI is InChI=1S/3C18H34O2.Sb/c3*1-2-3-4-5-6-7-8-9-10-11-12-13-14-15-16-17-18(19)20;/h3*9-10H,2-8,11-17H2,1H3,(H,19,20);/q;;;+3/p-3. The molecule has 0 N–H and O–H groups in total. The van der Waals surface area contributed by atoms with E-state index in [1.807, 2.05) is 0 Å². The topological polar surface area (TPSA) is 120 Å². The van der Waals surface area contributed by atoms with Crippen LogP contribution in [-0.4, -0.2) is 42.3 Å². The van der Waals surface area contributed by atoms with Gasteiger partial charge in [-0.3, -0.25) is 0 Å². The zero-order valence-electron chi connectivity index (χ0n) is 40.6. The van der Waals surface area contributed by atoms with Crippen molar-refractivity contribution in [2.24, 2.45) is 0 Å². The van der Waals surface area contributed by atoms with Crippen molar-refractivity contribution >= 4 is 42.3 Å². The summed E-state index contributed by atoms with van der Waals surface area (Å²) in [7, 11) is 0. The molecule has 0 unspecified atom stereocenters. The number of hydrogen-bond acceptors (Lipinski definition) is 6. The van der Waals surface area contributed by atoms with Crippen molar-refractivity contribution in [1.29, 1.82) is 0 Å². The molecule has 0 aromatic heterocycles. The summed E-state index contributed by atoms with van der Waals surface area (Å²) in [6.07, 6.45) is 62.7. The van der Waals surface area contributed by atoms with Gasteiger partial charge in [0.15, 0.2) is 0 Å². The first-order chi connectivity index (χ1) is 29.3. The molecular formula is C54H99O6Sb. The van der Waals surface area contributed by atoms with Crippen molar-refractivity contribution in [3.05, 3.63) is 36.5 Å². The van der Waals surface area contributed by atoms with Gasteiger partial charge in [-0.05, 0) is 116 Å². The number of carboxylic acids is 3. The van der Waals surface area contributed by atoms with Crippen molar-refractivity contribution in [3.63, 3.8) is 0 Å². The molecule has 0 rings (SSSR count). The molecule has 0 amide bonds. The largest absolute Gasteiger partial charge is 3.00 e. The van der Waals surface area contributed by atoms with Crippen LogP contribution < -0.4 is 15.3 Å². The molecule has 0 aromatic rings. The van der Waals surface area contributed by atoms with Gasteiger partial charge in [-0.1, -0.05) is 211 Å². The van der Waals surface area contributed by atoms with Gasteiger partial charge in [0.1, 0.15) is 0 Å². The van der Waals surface area contributed by atoms with E-state index in [0.29, 0.717) is 0 Å². The first-order valence-corrected chi connectivity index (χ1v) is 25.9. The van der Waals surface area contributed by atoms with Crippen LogP contribution in [0, 0.1) is 0 Å². The van der Waals surface area contributed by atoms with Gasteiger partial charge >= 0.3 is 24.4 Å². The number of aliphatic carboxylic acids is 3. The fraction of sp³-hybridized carbons (Fsp3) is 0.833. The Hall–Kier alpha value is -1.55. The summed E-state index contributed by atoms with van der Waals surface area (Å²) in [4.78, 5) is 30.6. The van der Waals surface area contributed by atoms with Crippen LogP contribution in [0.1, 0.15) is 290 Å². The van der Waals surface area contributed by atoms with Gasteiger partial charge in [0, 0.05) is 17.9 Å². The number of unbranched alkanes of at least 4 members (excludes halogenated alkanes) is 33. The molecule has 0 aromatic carbocycles. The molecular weight excluding hydrogens is 866 g/mol. The number of hydrogen-bond donors (Lipinski definition) is 0. The SMILES string of the molecule is CCCCCCCCC=CCCCCCCCC(=O)[O-].CCCCCCCCC=CCCCCCCCC(=O)[O-].CCCCCCCCC=CCCCCCCCC(=O)[O-].[Sb+3]. The third kappa shape index (κ3) is 76.2. The number of rotatable bonds is 45. The van der Waals surface area contributed by atoms with Crippen molar-refractivity contribution in [1.82, 2.24) is 0 Å². The summed E-state index contributed by atoms with van der Waals surface area (Å²) in [5.74, 6) is -2.74. The Balaban J connectivity index is -0.000000396. The second-order valence-electron chi connectivity index (χ2n) is 17.1. The molecule has 0 bridgehead atoms. The zero-order chi connectivity index (χ0) is 44.7. The molecule has 0 fully saturated rings. The number of carbonyl (C=O) groups is 3. The van der Waals surface area contributed by atoms with E-state index in [2.05, 4.69) is 57.2 Å². The quantitative estimate of drug-likeness (QED) is 0.0340. The van der Waals surface area contributed by atoms with E-state index in [0.717, 1.165) is 57.8 Å². The smallest absolute Gasteiger partial charge is 0.550 e. The molecule has 356 valence electrons. The normalized spacial score (nSPS) is 11.1. The molecule has 0 atom stereocenters. The molecule has 0 heterocycles. The van der Waals surface area contributed by atoms with E-state index in [9.17, 15) is 29.7 Å². The minimum Gasteiger partial charge on any atom is -0.550 e. The van der Waals surface area contributed by atoms with Gasteiger partial charge < -0.3 is 29.7 Å². The molecule has 0 saturated carbocycles. The van der Waals surface area contributed by atoms with Crippen LogP contribution in [0.2, 0.25) is 0 Å². The maximum Gasteiger partial charge on any atom is 3.00 e. The van der Waals surface area contributed by atoms with Crippen molar-refractivity contribution in [3.8, 4) is 0 Å². The van der Waals surface area contributed by atoms with E-state index >= 15 is 0 Å². The number of carbonyl (C=O) groups excluding carboxylic acids is 3. The molecule has 0 aliphatic heterocycles. The van der Waals surface area contributed by atoms with Crippen LogP contribution in [0.25, 0.3) is 0 Å². The van der Waals surface area contributed by atoms with E-state index in [1.165, 1.54) is 193 Å². The molecule has 6 nitrogen and oxygen atoms in total. The monoisotopic (exact) mass is 965 g/mol. The van der Waals surface area contributed by atoms with E-state index in [-0.39, 0.29) is 43.7 Å². The van der Waals surface area contributed by atoms with E-state index < -0.39 is 17.9 Å². The molecule has 0 aliphatic rings. The third-order valence-corrected chi connectivity index (χ3v) is 10.9. The maximum absolute atomic E-state index is 10.2. The first kappa shape index (κ1) is 66.1. The van der Waals surface area contributed by atoms with Crippen LogP contribution in [-0.2, 0) is 14.4 Å². The predicted molar refractivity (Wildman–Crippen MR) is 259 cm³/mol. The Morgan fingerprint density at radius 2 is 0.410 bits per heavy atom. The summed E-state index contributed by atoms with van der Waals surface area (Å²) in [6.45, 7) is 6.77. The molecule has 2 radical (unpaired) electrons. The fourth-order valence-corrected chi connectivity index (χ4v) is 7.02. The Bertz CT molecular complexity index is 827. The molecule has 7 heteroatoms. The van der Waals surface area contributed by atoms with Crippen LogP contribution in [0.5, 0.6) is 0 Å². The maximum atomic E-state index is 10.2. The third-order valence-electron chi connectivity index (χ3n) is 10.9.